The maximum Gasteiger partial charge on any atom is 0.341 e. The minimum Gasteiger partial charge on any atom is -0.462 e. The number of anilines is 1. The quantitative estimate of drug-likeness (QED) is 0.600. The fourth-order valence-corrected chi connectivity index (χ4v) is 3.70. The Morgan fingerprint density at radius 1 is 1.21 bits per heavy atom. The highest BCUT2D eigenvalue weighted by Crippen LogP contribution is 2.33. The maximum atomic E-state index is 12.4. The van der Waals surface area contributed by atoms with Crippen LogP contribution in [-0.4, -0.2) is 28.6 Å². The van der Waals surface area contributed by atoms with E-state index in [0.717, 1.165) is 16.0 Å². The van der Waals surface area contributed by atoms with E-state index in [2.05, 4.69) is 15.5 Å². The van der Waals surface area contributed by atoms with Crippen molar-refractivity contribution in [3.05, 3.63) is 52.2 Å². The number of nitrogens with zero attached hydrogens (tertiary/aromatic N) is 2. The molecule has 0 unspecified atom stereocenters. The lowest BCUT2D eigenvalue weighted by atomic mass is 10.1. The molecule has 0 spiro atoms. The van der Waals surface area contributed by atoms with Gasteiger partial charge in [0.05, 0.1) is 12.2 Å². The number of rotatable bonds is 7. The van der Waals surface area contributed by atoms with Gasteiger partial charge in [-0.25, -0.2) is 4.79 Å². The lowest BCUT2D eigenvalue weighted by Crippen LogP contribution is -2.15. The number of aryl methyl sites for hydroxylation is 2. The zero-order valence-electron chi connectivity index (χ0n) is 15.9. The first-order valence-electron chi connectivity index (χ1n) is 8.94. The van der Waals surface area contributed by atoms with E-state index >= 15 is 0 Å². The zero-order valence-corrected chi connectivity index (χ0v) is 16.8. The van der Waals surface area contributed by atoms with Crippen LogP contribution in [0.3, 0.4) is 0 Å². The fourth-order valence-electron chi connectivity index (χ4n) is 2.63. The molecule has 0 bridgehead atoms. The number of carbonyl (C=O) groups excluding carboxylic acids is 2. The second kappa shape index (κ2) is 8.79. The van der Waals surface area contributed by atoms with E-state index in [1.54, 1.807) is 6.92 Å². The Morgan fingerprint density at radius 2 is 1.96 bits per heavy atom. The highest BCUT2D eigenvalue weighted by molar-refractivity contribution is 7.16. The van der Waals surface area contributed by atoms with Crippen molar-refractivity contribution < 1.29 is 18.8 Å². The van der Waals surface area contributed by atoms with E-state index < -0.39 is 5.97 Å². The molecular formula is C20H21N3O4S. The minimum absolute atomic E-state index is 0.161. The predicted octanol–water partition coefficient (Wildman–Crippen LogP) is 4.16. The smallest absolute Gasteiger partial charge is 0.341 e. The van der Waals surface area contributed by atoms with Crippen LogP contribution in [0.1, 0.15) is 40.0 Å². The number of hydrogen-bond acceptors (Lipinski definition) is 7. The molecule has 0 fully saturated rings. The first kappa shape index (κ1) is 19.8. The number of hydrogen-bond donors (Lipinski definition) is 1. The van der Waals surface area contributed by atoms with Crippen molar-refractivity contribution >= 4 is 28.2 Å². The molecule has 2 aromatic heterocycles. The van der Waals surface area contributed by atoms with Gasteiger partial charge in [-0.1, -0.05) is 35.5 Å². The van der Waals surface area contributed by atoms with Crippen molar-refractivity contribution in [2.75, 3.05) is 11.9 Å². The molecule has 7 nitrogen and oxygen atoms in total. The second-order valence-electron chi connectivity index (χ2n) is 6.13. The average molecular weight is 399 g/mol. The topological polar surface area (TPSA) is 94.3 Å². The van der Waals surface area contributed by atoms with E-state index in [4.69, 9.17) is 9.26 Å². The monoisotopic (exact) mass is 399 g/mol. The van der Waals surface area contributed by atoms with Gasteiger partial charge in [-0.05, 0) is 26.3 Å². The van der Waals surface area contributed by atoms with Gasteiger partial charge in [0.25, 0.3) is 0 Å². The predicted molar refractivity (Wildman–Crippen MR) is 106 cm³/mol. The van der Waals surface area contributed by atoms with Crippen molar-refractivity contribution in [3.63, 3.8) is 0 Å². The molecule has 0 atom stereocenters. The van der Waals surface area contributed by atoms with E-state index in [1.165, 1.54) is 11.3 Å². The van der Waals surface area contributed by atoms with Crippen molar-refractivity contribution in [1.29, 1.82) is 0 Å². The molecular weight excluding hydrogens is 378 g/mol. The van der Waals surface area contributed by atoms with Crippen molar-refractivity contribution in [1.82, 2.24) is 10.1 Å². The van der Waals surface area contributed by atoms with Crippen LogP contribution in [0.4, 0.5) is 5.00 Å². The molecule has 0 radical (unpaired) electrons. The number of nitrogens with one attached hydrogen (secondary N) is 1. The summed E-state index contributed by atoms with van der Waals surface area (Å²) in [5, 5.41) is 7.26. The highest BCUT2D eigenvalue weighted by atomic mass is 32.1. The lowest BCUT2D eigenvalue weighted by molar-refractivity contribution is -0.116. The van der Waals surface area contributed by atoms with E-state index in [0.29, 0.717) is 28.7 Å². The summed E-state index contributed by atoms with van der Waals surface area (Å²) >= 11 is 1.36. The molecule has 146 valence electrons. The van der Waals surface area contributed by atoms with Gasteiger partial charge in [0, 0.05) is 23.3 Å². The Labute approximate surface area is 166 Å². The highest BCUT2D eigenvalue weighted by Gasteiger charge is 2.22. The number of benzene rings is 1. The van der Waals surface area contributed by atoms with Crippen LogP contribution in [0.5, 0.6) is 0 Å². The zero-order chi connectivity index (χ0) is 20.1. The Kier molecular flexibility index (Phi) is 6.20. The maximum absolute atomic E-state index is 12.4. The lowest BCUT2D eigenvalue weighted by Gasteiger charge is -2.06. The SMILES string of the molecule is CCOC(=O)c1c(NC(=O)CCc2nc(-c3ccccc3)no2)sc(C)c1C. The Morgan fingerprint density at radius 3 is 2.68 bits per heavy atom. The molecule has 1 N–H and O–H groups in total. The number of ether oxygens (including phenoxy) is 1. The molecule has 28 heavy (non-hydrogen) atoms. The number of esters is 1. The van der Waals surface area contributed by atoms with Gasteiger partial charge in [0.15, 0.2) is 0 Å². The summed E-state index contributed by atoms with van der Waals surface area (Å²) in [5.74, 6) is 0.221. The van der Waals surface area contributed by atoms with E-state index in [9.17, 15) is 9.59 Å². The summed E-state index contributed by atoms with van der Waals surface area (Å²) < 4.78 is 10.3. The first-order valence-corrected chi connectivity index (χ1v) is 9.76. The normalized spacial score (nSPS) is 10.7. The fraction of sp³-hybridized carbons (Fsp3) is 0.300. The van der Waals surface area contributed by atoms with Crippen LogP contribution in [0.25, 0.3) is 11.4 Å². The molecule has 8 heteroatoms. The summed E-state index contributed by atoms with van der Waals surface area (Å²) in [4.78, 5) is 29.8. The van der Waals surface area contributed by atoms with Gasteiger partial charge in [-0.2, -0.15) is 4.98 Å². The summed E-state index contributed by atoms with van der Waals surface area (Å²) in [7, 11) is 0. The Bertz CT molecular complexity index is 979. The standard InChI is InChI=1S/C20H21N3O4S/c1-4-26-20(25)17-12(2)13(3)28-19(17)21-15(24)10-11-16-22-18(23-27-16)14-8-6-5-7-9-14/h5-9H,4,10-11H2,1-3H3,(H,21,24). The van der Waals surface area contributed by atoms with Gasteiger partial charge in [0.1, 0.15) is 5.00 Å². The van der Waals surface area contributed by atoms with E-state index in [1.807, 2.05) is 44.2 Å². The summed E-state index contributed by atoms with van der Waals surface area (Å²) in [6.45, 7) is 5.78. The number of carbonyl (C=O) groups is 2. The van der Waals surface area contributed by atoms with Crippen LogP contribution in [-0.2, 0) is 16.0 Å². The van der Waals surface area contributed by atoms with Crippen LogP contribution in [0, 0.1) is 13.8 Å². The summed E-state index contributed by atoms with van der Waals surface area (Å²) in [6.07, 6.45) is 0.471. The Hall–Kier alpha value is -3.00. The molecule has 0 aliphatic carbocycles. The molecule has 2 heterocycles. The van der Waals surface area contributed by atoms with Gasteiger partial charge in [-0.3, -0.25) is 4.79 Å². The molecule has 0 aliphatic rings. The third-order valence-electron chi connectivity index (χ3n) is 4.18. The van der Waals surface area contributed by atoms with Crippen LogP contribution in [0.15, 0.2) is 34.9 Å². The number of aromatic nitrogens is 2. The molecule has 0 saturated carbocycles. The molecule has 3 aromatic rings. The van der Waals surface area contributed by atoms with Gasteiger partial charge in [0.2, 0.25) is 17.6 Å². The Balaban J connectivity index is 1.63. The second-order valence-corrected chi connectivity index (χ2v) is 7.36. The first-order chi connectivity index (χ1) is 13.5. The van der Waals surface area contributed by atoms with Crippen LogP contribution < -0.4 is 5.32 Å². The van der Waals surface area contributed by atoms with Gasteiger partial charge >= 0.3 is 5.97 Å². The summed E-state index contributed by atoms with van der Waals surface area (Å²) in [5.41, 5.74) is 2.09. The van der Waals surface area contributed by atoms with Gasteiger partial charge in [-0.15, -0.1) is 11.3 Å². The molecule has 0 aliphatic heterocycles. The molecule has 1 amide bonds. The van der Waals surface area contributed by atoms with Crippen molar-refractivity contribution in [2.45, 2.75) is 33.6 Å². The average Bonchev–Trinajstić information content (AvgIpc) is 3.26. The van der Waals surface area contributed by atoms with Crippen molar-refractivity contribution in [2.24, 2.45) is 0 Å². The molecule has 1 aromatic carbocycles. The summed E-state index contributed by atoms with van der Waals surface area (Å²) in [6, 6.07) is 9.47. The van der Waals surface area contributed by atoms with Gasteiger partial charge < -0.3 is 14.6 Å². The third kappa shape index (κ3) is 4.45. The third-order valence-corrected chi connectivity index (χ3v) is 5.31. The minimum atomic E-state index is -0.427. The molecule has 3 rings (SSSR count). The number of amides is 1. The molecule has 0 saturated heterocycles. The largest absolute Gasteiger partial charge is 0.462 e. The number of thiophene rings is 1. The van der Waals surface area contributed by atoms with Crippen LogP contribution >= 0.6 is 11.3 Å². The van der Waals surface area contributed by atoms with Crippen molar-refractivity contribution in [3.8, 4) is 11.4 Å². The van der Waals surface area contributed by atoms with E-state index in [-0.39, 0.29) is 18.9 Å². The van der Waals surface area contributed by atoms with Crippen LogP contribution in [0.2, 0.25) is 0 Å².